The number of pyridine rings is 1. The number of piperazine rings is 1. The summed E-state index contributed by atoms with van der Waals surface area (Å²) in [4.78, 5) is 67.2. The minimum atomic E-state index is -1.38. The Morgan fingerprint density at radius 2 is 1.69 bits per heavy atom. The van der Waals surface area contributed by atoms with Crippen molar-refractivity contribution in [2.45, 2.75) is 65.5 Å². The van der Waals surface area contributed by atoms with Crippen molar-refractivity contribution in [3.63, 3.8) is 0 Å². The molecule has 2 amide bonds. The number of nitrogens with two attached hydrogens (primary N) is 2. The lowest BCUT2D eigenvalue weighted by atomic mass is 10.0. The molecule has 4 aromatic rings. The summed E-state index contributed by atoms with van der Waals surface area (Å²) in [6.07, 6.45) is 7.18. The molecular formula is C45H56FN8O8+. The standard InChI is InChI=1S/C45H55FN8O8/c1-4-51-26-35(44(57)58)42(55)34-23-36(46)40(24-39(34)51)52-19-21-53(22-20-52)45(59)62-28-32-14-16-33(17-15-32)50-43(56)38(13-9-6-10-18-47)49-25-37(48)41(30(2)3)54(60)29-61-27-31-11-7-5-8-12-31/h5,7-9,11-17,23-26,30,38,41,49H,4,6,10,18-22,27-29,47-48H2,1-3H3,(H-,50,56,57,58)/p+1. The maximum atomic E-state index is 15.3. The van der Waals surface area contributed by atoms with Crippen molar-refractivity contribution in [2.24, 2.45) is 17.4 Å². The number of hydrogen-bond acceptors (Lipinski definition) is 11. The molecular weight excluding hydrogens is 800 g/mol. The molecule has 16 nitrogen and oxygen atoms in total. The van der Waals surface area contributed by atoms with Gasteiger partial charge in [0.15, 0.2) is 0 Å². The molecule has 0 saturated carbocycles. The Kier molecular flexibility index (Phi) is 16.7. The van der Waals surface area contributed by atoms with Crippen molar-refractivity contribution in [1.29, 1.82) is 0 Å². The zero-order valence-electron chi connectivity index (χ0n) is 35.3. The summed E-state index contributed by atoms with van der Waals surface area (Å²) in [5, 5.41) is 15.4. The van der Waals surface area contributed by atoms with E-state index in [0.29, 0.717) is 49.4 Å². The van der Waals surface area contributed by atoms with Gasteiger partial charge in [0.2, 0.25) is 11.5 Å². The normalized spacial score (nSPS) is 14.3. The molecule has 2 heterocycles. The number of rotatable bonds is 20. The highest BCUT2D eigenvalue weighted by Gasteiger charge is 2.32. The molecule has 330 valence electrons. The van der Waals surface area contributed by atoms with Crippen molar-refractivity contribution >= 4 is 40.2 Å². The van der Waals surface area contributed by atoms with Gasteiger partial charge in [0, 0.05) is 71.8 Å². The summed E-state index contributed by atoms with van der Waals surface area (Å²) in [5.41, 5.74) is 13.9. The average Bonchev–Trinajstić information content (AvgIpc) is 3.26. The summed E-state index contributed by atoms with van der Waals surface area (Å²) in [6.45, 7) is 7.60. The summed E-state index contributed by atoms with van der Waals surface area (Å²) >= 11 is 0. The van der Waals surface area contributed by atoms with Crippen molar-refractivity contribution in [2.75, 3.05) is 49.7 Å². The number of halogens is 1. The smallest absolute Gasteiger partial charge is 0.410 e. The van der Waals surface area contributed by atoms with Gasteiger partial charge in [-0.1, -0.05) is 68.5 Å². The van der Waals surface area contributed by atoms with Crippen LogP contribution in [0.3, 0.4) is 0 Å². The van der Waals surface area contributed by atoms with Crippen molar-refractivity contribution in [3.8, 4) is 0 Å². The van der Waals surface area contributed by atoms with Gasteiger partial charge in [0.05, 0.1) is 23.5 Å². The quantitative estimate of drug-likeness (QED) is 0.0332. The van der Waals surface area contributed by atoms with Crippen LogP contribution >= 0.6 is 0 Å². The van der Waals surface area contributed by atoms with Crippen LogP contribution in [0.1, 0.15) is 55.1 Å². The number of allylic oxidation sites excluding steroid dienone is 1. The Bertz CT molecular complexity index is 2310. The minimum absolute atomic E-state index is 0.0153. The summed E-state index contributed by atoms with van der Waals surface area (Å²) in [6, 6.07) is 17.4. The van der Waals surface area contributed by atoms with Crippen molar-refractivity contribution in [1.82, 2.24) is 14.8 Å². The first kappa shape index (κ1) is 46.5. The molecule has 1 saturated heterocycles. The summed E-state index contributed by atoms with van der Waals surface area (Å²) in [7, 11) is 0. The number of hydrogen-bond donors (Lipinski definition) is 5. The van der Waals surface area contributed by atoms with Crippen LogP contribution in [0.4, 0.5) is 20.6 Å². The number of fused-ring (bicyclic) bond motifs is 1. The van der Waals surface area contributed by atoms with E-state index in [1.807, 2.05) is 50.3 Å². The number of unbranched alkanes of at least 4 members (excludes halogenated alkanes) is 1. The third-order valence-electron chi connectivity index (χ3n) is 10.4. The first-order chi connectivity index (χ1) is 29.8. The van der Waals surface area contributed by atoms with Crippen molar-refractivity contribution in [3.05, 3.63) is 135 Å². The number of aromatic nitrogens is 1. The number of carbonyl (C=O) groups excluding carboxylic acids is 2. The van der Waals surface area contributed by atoms with Crippen LogP contribution in [-0.2, 0) is 34.0 Å². The van der Waals surface area contributed by atoms with Gasteiger partial charge in [-0.3, -0.25) is 9.59 Å². The molecule has 1 aliphatic heterocycles. The SMILES string of the molecule is CCn1cc(C(=O)O)c(=O)c2cc(F)c(N3CCN(C(=O)OCc4ccc(NC(=O)C(C=CCCCN)NC=C(N)C(C(C)C)[N+](=O)COCc5ccccc5)cc4)CC3)cc21. The van der Waals surface area contributed by atoms with Gasteiger partial charge >= 0.3 is 12.1 Å². The van der Waals surface area contributed by atoms with Crippen LogP contribution < -0.4 is 32.4 Å². The van der Waals surface area contributed by atoms with Gasteiger partial charge in [-0.2, -0.15) is 0 Å². The van der Waals surface area contributed by atoms with Gasteiger partial charge in [0.25, 0.3) is 12.6 Å². The molecule has 7 N–H and O–H groups in total. The molecule has 17 heteroatoms. The van der Waals surface area contributed by atoms with Crippen LogP contribution in [0, 0.1) is 16.6 Å². The van der Waals surface area contributed by atoms with E-state index in [1.165, 1.54) is 17.3 Å². The Morgan fingerprint density at radius 3 is 2.34 bits per heavy atom. The Hall–Kier alpha value is -6.59. The van der Waals surface area contributed by atoms with Crippen molar-refractivity contribution < 1.29 is 38.1 Å². The van der Waals surface area contributed by atoms with Gasteiger partial charge in [0.1, 0.15) is 24.0 Å². The van der Waals surface area contributed by atoms with Crippen LogP contribution in [0.5, 0.6) is 0 Å². The van der Waals surface area contributed by atoms with E-state index in [2.05, 4.69) is 10.6 Å². The number of nitrogens with one attached hydrogen (secondary N) is 2. The van der Waals surface area contributed by atoms with E-state index in [4.69, 9.17) is 20.9 Å². The monoisotopic (exact) mass is 855 g/mol. The molecule has 1 aliphatic rings. The number of anilines is 2. The number of ether oxygens (including phenoxy) is 2. The first-order valence-electron chi connectivity index (χ1n) is 20.6. The fourth-order valence-electron chi connectivity index (χ4n) is 7.08. The Labute approximate surface area is 359 Å². The lowest BCUT2D eigenvalue weighted by Gasteiger charge is -2.35. The number of amides is 2. The maximum absolute atomic E-state index is 15.3. The zero-order valence-corrected chi connectivity index (χ0v) is 35.3. The number of aryl methyl sites for hydroxylation is 1. The van der Waals surface area contributed by atoms with Gasteiger partial charge in [-0.25, -0.2) is 14.0 Å². The predicted octanol–water partition coefficient (Wildman–Crippen LogP) is 5.29. The number of benzene rings is 3. The summed E-state index contributed by atoms with van der Waals surface area (Å²) < 4.78 is 29.0. The lowest BCUT2D eigenvalue weighted by Crippen LogP contribution is -2.49. The van der Waals surface area contributed by atoms with E-state index < -0.39 is 41.0 Å². The second-order valence-corrected chi connectivity index (χ2v) is 15.2. The Morgan fingerprint density at radius 1 is 1.00 bits per heavy atom. The van der Waals surface area contributed by atoms with E-state index >= 15 is 4.39 Å². The molecule has 0 bridgehead atoms. The molecule has 3 aromatic carbocycles. The van der Waals surface area contributed by atoms with Gasteiger partial charge in [-0.15, -0.1) is 0 Å². The minimum Gasteiger partial charge on any atom is -0.477 e. The van der Waals surface area contributed by atoms with E-state index in [9.17, 15) is 29.2 Å². The number of aromatic carboxylic acids is 1. The van der Waals surface area contributed by atoms with Gasteiger partial charge < -0.3 is 51.0 Å². The molecule has 0 radical (unpaired) electrons. The number of carboxylic acids is 1. The van der Waals surface area contributed by atoms with E-state index in [1.54, 1.807) is 52.8 Å². The molecule has 5 rings (SSSR count). The topological polar surface area (TPSA) is 215 Å². The number of carboxylic acid groups (broad SMARTS) is 1. The highest BCUT2D eigenvalue weighted by Crippen LogP contribution is 2.27. The number of nitrogens with zero attached hydrogens (tertiary/aromatic N) is 4. The fraction of sp³-hybridized carbons (Fsp3) is 0.378. The number of nitroso groups, excluding NO2 is 1. The first-order valence-corrected chi connectivity index (χ1v) is 20.6. The van der Waals surface area contributed by atoms with Crippen LogP contribution in [0.2, 0.25) is 0 Å². The highest BCUT2D eigenvalue weighted by molar-refractivity contribution is 5.96. The largest absolute Gasteiger partial charge is 0.477 e. The molecule has 62 heavy (non-hydrogen) atoms. The zero-order chi connectivity index (χ0) is 44.8. The fourth-order valence-corrected chi connectivity index (χ4v) is 7.08. The Balaban J connectivity index is 1.14. The molecule has 1 fully saturated rings. The van der Waals surface area contributed by atoms with E-state index in [0.717, 1.165) is 22.8 Å². The second kappa shape index (κ2) is 22.3. The summed E-state index contributed by atoms with van der Waals surface area (Å²) in [5.74, 6) is -2.57. The number of carbonyl (C=O) groups is 3. The third-order valence-corrected chi connectivity index (χ3v) is 10.4. The molecule has 0 spiro atoms. The third kappa shape index (κ3) is 12.3. The predicted molar refractivity (Wildman–Crippen MR) is 235 cm³/mol. The lowest BCUT2D eigenvalue weighted by molar-refractivity contribution is -0.619. The van der Waals surface area contributed by atoms with Crippen LogP contribution in [-0.4, -0.2) is 88.8 Å². The van der Waals surface area contributed by atoms with Gasteiger partial charge in [-0.05, 0) is 61.7 Å². The molecule has 2 unspecified atom stereocenters. The second-order valence-electron chi connectivity index (χ2n) is 15.2. The average molecular weight is 856 g/mol. The van der Waals surface area contributed by atoms with Crippen LogP contribution in [0.15, 0.2) is 102 Å². The molecule has 2 atom stereocenters. The maximum Gasteiger partial charge on any atom is 0.410 e. The highest BCUT2D eigenvalue weighted by atomic mass is 19.1. The molecule has 1 aromatic heterocycles. The molecule has 0 aliphatic carbocycles. The van der Waals surface area contributed by atoms with Crippen LogP contribution in [0.25, 0.3) is 10.9 Å². The van der Waals surface area contributed by atoms with E-state index in [-0.39, 0.29) is 61.6 Å².